The van der Waals surface area contributed by atoms with Gasteiger partial charge in [-0.2, -0.15) is 5.26 Å². The first-order valence-electron chi connectivity index (χ1n) is 6.97. The number of allylic oxidation sites excluding steroid dienone is 2. The molecule has 0 aromatic heterocycles. The zero-order valence-corrected chi connectivity index (χ0v) is 13.4. The molecule has 0 fully saturated rings. The highest BCUT2D eigenvalue weighted by atomic mass is 35.5. The molecule has 0 amide bonds. The molecule has 5 nitrogen and oxygen atoms in total. The van der Waals surface area contributed by atoms with Crippen molar-refractivity contribution in [3.63, 3.8) is 0 Å². The number of hydrogen-bond donors (Lipinski definition) is 1. The second-order valence-corrected chi connectivity index (χ2v) is 5.45. The molecule has 0 aliphatic carbocycles. The number of aliphatic imine (C=N–C) groups is 1. The molecular weight excluding hydrogens is 302 g/mol. The summed E-state index contributed by atoms with van der Waals surface area (Å²) >= 11 is 5.93. The lowest BCUT2D eigenvalue weighted by atomic mass is 10.3. The molecule has 1 atom stereocenters. The molecule has 1 aromatic rings. The summed E-state index contributed by atoms with van der Waals surface area (Å²) in [6.45, 7) is 4.96. The zero-order valence-electron chi connectivity index (χ0n) is 12.6. The predicted molar refractivity (Wildman–Crippen MR) is 86.1 cm³/mol. The fourth-order valence-corrected chi connectivity index (χ4v) is 2.10. The van der Waals surface area contributed by atoms with Gasteiger partial charge < -0.3 is 14.8 Å². The third-order valence-corrected chi connectivity index (χ3v) is 3.35. The van der Waals surface area contributed by atoms with Crippen LogP contribution in [0.5, 0.6) is 5.75 Å². The van der Waals surface area contributed by atoms with Crippen molar-refractivity contribution in [1.82, 2.24) is 5.32 Å². The zero-order chi connectivity index (χ0) is 15.9. The van der Waals surface area contributed by atoms with Crippen molar-refractivity contribution in [3.8, 4) is 11.8 Å². The molecule has 0 saturated carbocycles. The molecular formula is C16H18ClN3O2. The normalized spacial score (nSPS) is 22.5. The van der Waals surface area contributed by atoms with Crippen LogP contribution in [0.1, 0.15) is 13.8 Å². The van der Waals surface area contributed by atoms with Gasteiger partial charge in [-0.3, -0.25) is 0 Å². The lowest BCUT2D eigenvalue weighted by Crippen LogP contribution is -2.34. The van der Waals surface area contributed by atoms with Gasteiger partial charge in [0.15, 0.2) is 5.70 Å². The SMILES string of the molecule is CC1=N/C(C#N)=C(/C)NC[C@@H](COc2cccc(Cl)c2)OC1. The van der Waals surface area contributed by atoms with Crippen LogP contribution >= 0.6 is 11.6 Å². The number of nitrogens with zero attached hydrogens (tertiary/aromatic N) is 2. The summed E-state index contributed by atoms with van der Waals surface area (Å²) in [6.07, 6.45) is -0.155. The number of rotatable bonds is 3. The van der Waals surface area contributed by atoms with Gasteiger partial charge in [0.2, 0.25) is 0 Å². The van der Waals surface area contributed by atoms with Crippen molar-refractivity contribution in [3.05, 3.63) is 40.7 Å². The second kappa shape index (κ2) is 7.83. The van der Waals surface area contributed by atoms with Gasteiger partial charge in [-0.05, 0) is 32.0 Å². The van der Waals surface area contributed by atoms with Gasteiger partial charge in [0.05, 0.1) is 6.61 Å². The molecule has 1 aliphatic rings. The van der Waals surface area contributed by atoms with E-state index in [4.69, 9.17) is 26.3 Å². The summed E-state index contributed by atoms with van der Waals surface area (Å²) in [5.74, 6) is 0.700. The fourth-order valence-electron chi connectivity index (χ4n) is 1.92. The summed E-state index contributed by atoms with van der Waals surface area (Å²) < 4.78 is 11.5. The lowest BCUT2D eigenvalue weighted by molar-refractivity contribution is 0.0442. The Morgan fingerprint density at radius 1 is 1.50 bits per heavy atom. The van der Waals surface area contributed by atoms with Crippen molar-refractivity contribution in [1.29, 1.82) is 5.26 Å². The molecule has 0 saturated heterocycles. The van der Waals surface area contributed by atoms with Crippen LogP contribution in [-0.4, -0.2) is 31.6 Å². The van der Waals surface area contributed by atoms with Gasteiger partial charge in [-0.25, -0.2) is 4.99 Å². The van der Waals surface area contributed by atoms with Gasteiger partial charge in [0.25, 0.3) is 0 Å². The van der Waals surface area contributed by atoms with Crippen molar-refractivity contribution in [2.24, 2.45) is 4.99 Å². The average molecular weight is 320 g/mol. The Bertz CT molecular complexity index is 635. The van der Waals surface area contributed by atoms with Crippen LogP contribution in [0.25, 0.3) is 0 Å². The standard InChI is InChI=1S/C16H18ClN3O2/c1-11-9-21-15(8-19-12(2)16(7-18)20-11)10-22-14-5-3-4-13(17)6-14/h3-6,15,19H,8-10H2,1-2H3/b16-12-,20-11?/t15-/m0/s1. The van der Waals surface area contributed by atoms with Crippen LogP contribution in [0.15, 0.2) is 40.7 Å². The monoisotopic (exact) mass is 319 g/mol. The van der Waals surface area contributed by atoms with E-state index in [0.717, 1.165) is 11.4 Å². The maximum atomic E-state index is 9.10. The predicted octanol–water partition coefficient (Wildman–Crippen LogP) is 2.92. The minimum absolute atomic E-state index is 0.155. The Kier molecular flexibility index (Phi) is 5.82. The van der Waals surface area contributed by atoms with Gasteiger partial charge in [-0.15, -0.1) is 0 Å². The quantitative estimate of drug-likeness (QED) is 0.930. The van der Waals surface area contributed by atoms with E-state index in [2.05, 4.69) is 16.4 Å². The molecule has 1 aliphatic heterocycles. The molecule has 0 spiro atoms. The topological polar surface area (TPSA) is 66.6 Å². The highest BCUT2D eigenvalue weighted by Crippen LogP contribution is 2.17. The first-order chi connectivity index (χ1) is 10.6. The number of nitriles is 1. The Morgan fingerprint density at radius 3 is 3.05 bits per heavy atom. The Morgan fingerprint density at radius 2 is 2.32 bits per heavy atom. The van der Waals surface area contributed by atoms with Crippen LogP contribution in [0.3, 0.4) is 0 Å². The van der Waals surface area contributed by atoms with Crippen molar-refractivity contribution < 1.29 is 9.47 Å². The van der Waals surface area contributed by atoms with Crippen LogP contribution in [0, 0.1) is 11.3 Å². The van der Waals surface area contributed by atoms with E-state index in [1.54, 1.807) is 12.1 Å². The fraction of sp³-hybridized carbons (Fsp3) is 0.375. The largest absolute Gasteiger partial charge is 0.491 e. The van der Waals surface area contributed by atoms with Crippen LogP contribution in [-0.2, 0) is 4.74 Å². The molecule has 0 bridgehead atoms. The molecule has 0 unspecified atom stereocenters. The third-order valence-electron chi connectivity index (χ3n) is 3.12. The van der Waals surface area contributed by atoms with Crippen molar-refractivity contribution in [2.75, 3.05) is 19.8 Å². The number of ether oxygens (including phenoxy) is 2. The number of nitrogens with one attached hydrogen (secondary N) is 1. The molecule has 22 heavy (non-hydrogen) atoms. The highest BCUT2D eigenvalue weighted by Gasteiger charge is 2.14. The molecule has 2 rings (SSSR count). The summed E-state index contributed by atoms with van der Waals surface area (Å²) in [5.41, 5.74) is 1.88. The summed E-state index contributed by atoms with van der Waals surface area (Å²) in [5, 5.41) is 12.9. The summed E-state index contributed by atoms with van der Waals surface area (Å²) in [7, 11) is 0. The van der Waals surface area contributed by atoms with Gasteiger partial charge >= 0.3 is 0 Å². The third kappa shape index (κ3) is 4.76. The molecule has 6 heteroatoms. The van der Waals surface area contributed by atoms with Gasteiger partial charge in [0, 0.05) is 23.0 Å². The van der Waals surface area contributed by atoms with E-state index >= 15 is 0 Å². The van der Waals surface area contributed by atoms with E-state index in [1.807, 2.05) is 26.0 Å². The van der Waals surface area contributed by atoms with Crippen LogP contribution in [0.4, 0.5) is 0 Å². The van der Waals surface area contributed by atoms with E-state index < -0.39 is 0 Å². The Hall–Kier alpha value is -2.03. The van der Waals surface area contributed by atoms with Crippen LogP contribution in [0.2, 0.25) is 5.02 Å². The lowest BCUT2D eigenvalue weighted by Gasteiger charge is -2.19. The molecule has 0 radical (unpaired) electrons. The van der Waals surface area contributed by atoms with E-state index in [9.17, 15) is 0 Å². The Balaban J connectivity index is 2.00. The highest BCUT2D eigenvalue weighted by molar-refractivity contribution is 6.30. The van der Waals surface area contributed by atoms with Crippen LogP contribution < -0.4 is 10.1 Å². The molecule has 1 N–H and O–H groups in total. The smallest absolute Gasteiger partial charge is 0.159 e. The number of benzene rings is 1. The summed E-state index contributed by atoms with van der Waals surface area (Å²) in [4.78, 5) is 4.25. The number of hydrogen-bond acceptors (Lipinski definition) is 5. The summed E-state index contributed by atoms with van der Waals surface area (Å²) in [6, 6.07) is 9.33. The number of halogens is 1. The first-order valence-corrected chi connectivity index (χ1v) is 7.35. The van der Waals surface area contributed by atoms with E-state index in [-0.39, 0.29) is 6.10 Å². The molecule has 1 heterocycles. The maximum absolute atomic E-state index is 9.10. The average Bonchev–Trinajstić information content (AvgIpc) is 2.57. The molecule has 116 valence electrons. The van der Waals surface area contributed by atoms with Crippen molar-refractivity contribution >= 4 is 17.3 Å². The van der Waals surface area contributed by atoms with Gasteiger partial charge in [0.1, 0.15) is 24.5 Å². The maximum Gasteiger partial charge on any atom is 0.159 e. The first kappa shape index (κ1) is 16.3. The minimum atomic E-state index is -0.155. The molecule has 1 aromatic carbocycles. The van der Waals surface area contributed by atoms with Crippen molar-refractivity contribution in [2.45, 2.75) is 20.0 Å². The second-order valence-electron chi connectivity index (χ2n) is 5.01. The minimum Gasteiger partial charge on any atom is -0.491 e. The Labute approximate surface area is 135 Å². The van der Waals surface area contributed by atoms with E-state index in [0.29, 0.717) is 36.2 Å². The van der Waals surface area contributed by atoms with E-state index in [1.165, 1.54) is 0 Å². The van der Waals surface area contributed by atoms with Gasteiger partial charge in [-0.1, -0.05) is 17.7 Å².